The molecule has 0 radical (unpaired) electrons. The van der Waals surface area contributed by atoms with Gasteiger partial charge in [-0.05, 0) is 48.9 Å². The lowest BCUT2D eigenvalue weighted by molar-refractivity contribution is -0.0964. The number of rotatable bonds is 7. The summed E-state index contributed by atoms with van der Waals surface area (Å²) in [4.78, 5) is 36.3. The lowest BCUT2D eigenvalue weighted by Crippen LogP contribution is -2.24. The molecule has 0 aliphatic carbocycles. The predicted molar refractivity (Wildman–Crippen MR) is 131 cm³/mol. The highest BCUT2D eigenvalue weighted by molar-refractivity contribution is 6.20. The molecule has 1 aliphatic heterocycles. The molecule has 190 valence electrons. The molecule has 0 spiro atoms. The number of carbonyl (C=O) groups is 2. The number of alkyl halides is 3. The van der Waals surface area contributed by atoms with Crippen molar-refractivity contribution in [3.63, 3.8) is 0 Å². The average molecular weight is 520 g/mol. The van der Waals surface area contributed by atoms with Crippen molar-refractivity contribution in [1.82, 2.24) is 14.9 Å². The maximum absolute atomic E-state index is 13.0. The molecule has 0 saturated carbocycles. The number of benzene rings is 1. The molecule has 0 unspecified atom stereocenters. The minimum absolute atomic E-state index is 0.163. The standard InChI is InChI=1S/C24H24ClF2N5O4/c1-31(2)23(35)20-8-7-19(30-20)18-11-14(12-28-21(18)32-10-9-16(33)13-32)22(34)29-15-3-5-17(6-4-15)36-24(25,26)27/h3-8,11-12,16,30,33H,9-10,13H2,1-2H3,(H,29,34)/t16-/m1/s1. The summed E-state index contributed by atoms with van der Waals surface area (Å²) in [6.45, 7) is 0.984. The van der Waals surface area contributed by atoms with Crippen molar-refractivity contribution in [2.75, 3.05) is 37.4 Å². The first-order valence-electron chi connectivity index (χ1n) is 11.0. The highest BCUT2D eigenvalue weighted by Gasteiger charge is 2.28. The number of aromatic amines is 1. The van der Waals surface area contributed by atoms with Gasteiger partial charge in [0.25, 0.3) is 11.8 Å². The lowest BCUT2D eigenvalue weighted by Gasteiger charge is -2.20. The molecular weight excluding hydrogens is 496 g/mol. The van der Waals surface area contributed by atoms with Crippen molar-refractivity contribution in [2.24, 2.45) is 0 Å². The maximum atomic E-state index is 13.0. The molecule has 3 N–H and O–H groups in total. The minimum atomic E-state index is -3.84. The monoisotopic (exact) mass is 519 g/mol. The largest absolute Gasteiger partial charge is 0.487 e. The SMILES string of the molecule is CN(C)C(=O)c1ccc(-c2cc(C(=O)Nc3ccc(OC(F)(F)Cl)cc3)cnc2N2CC[C@@H](O)C2)[nH]1. The number of hydrogen-bond acceptors (Lipinski definition) is 6. The number of carbonyl (C=O) groups excluding carboxylic acids is 2. The van der Waals surface area contributed by atoms with Gasteiger partial charge in [0.05, 0.1) is 11.7 Å². The van der Waals surface area contributed by atoms with E-state index in [9.17, 15) is 23.5 Å². The second kappa shape index (κ2) is 10.1. The number of hydrogen-bond donors (Lipinski definition) is 3. The van der Waals surface area contributed by atoms with E-state index in [0.29, 0.717) is 48.0 Å². The Balaban J connectivity index is 1.61. The number of aliphatic hydroxyl groups is 1. The Kier molecular flexibility index (Phi) is 7.14. The van der Waals surface area contributed by atoms with Gasteiger partial charge in [0.2, 0.25) is 0 Å². The molecule has 2 aromatic heterocycles. The molecule has 36 heavy (non-hydrogen) atoms. The number of ether oxygens (including phenoxy) is 1. The zero-order valence-corrected chi connectivity index (χ0v) is 20.2. The van der Waals surface area contributed by atoms with Crippen molar-refractivity contribution in [1.29, 1.82) is 0 Å². The summed E-state index contributed by atoms with van der Waals surface area (Å²) in [5.74, 6) is -0.286. The van der Waals surface area contributed by atoms with Crippen LogP contribution in [0.5, 0.6) is 5.75 Å². The van der Waals surface area contributed by atoms with E-state index in [-0.39, 0.29) is 17.2 Å². The maximum Gasteiger partial charge on any atom is 0.487 e. The van der Waals surface area contributed by atoms with Gasteiger partial charge in [-0.15, -0.1) is 8.78 Å². The quantitative estimate of drug-likeness (QED) is 0.410. The van der Waals surface area contributed by atoms with Crippen LogP contribution in [0.15, 0.2) is 48.7 Å². The number of nitrogens with zero attached hydrogens (tertiary/aromatic N) is 3. The van der Waals surface area contributed by atoms with Gasteiger partial charge in [0, 0.05) is 61.9 Å². The normalized spacial score (nSPS) is 15.6. The Morgan fingerprint density at radius 2 is 1.97 bits per heavy atom. The summed E-state index contributed by atoms with van der Waals surface area (Å²) in [6.07, 6.45) is 1.52. The van der Waals surface area contributed by atoms with Gasteiger partial charge < -0.3 is 29.9 Å². The topological polar surface area (TPSA) is 111 Å². The fourth-order valence-corrected chi connectivity index (χ4v) is 3.92. The third-order valence-corrected chi connectivity index (χ3v) is 5.63. The molecule has 12 heteroatoms. The second-order valence-corrected chi connectivity index (χ2v) is 8.94. The molecule has 9 nitrogen and oxygen atoms in total. The molecule has 2 amide bonds. The van der Waals surface area contributed by atoms with Crippen LogP contribution in [0.25, 0.3) is 11.3 Å². The fourth-order valence-electron chi connectivity index (χ4n) is 3.83. The van der Waals surface area contributed by atoms with Crippen LogP contribution in [0.4, 0.5) is 20.3 Å². The molecule has 1 fully saturated rings. The van der Waals surface area contributed by atoms with Crippen LogP contribution in [0.1, 0.15) is 27.3 Å². The number of anilines is 2. The van der Waals surface area contributed by atoms with Gasteiger partial charge >= 0.3 is 5.57 Å². The second-order valence-electron chi connectivity index (χ2n) is 8.50. The summed E-state index contributed by atoms with van der Waals surface area (Å²) in [6, 6.07) is 10.3. The molecule has 3 aromatic rings. The lowest BCUT2D eigenvalue weighted by atomic mass is 10.1. The van der Waals surface area contributed by atoms with Gasteiger partial charge in [-0.3, -0.25) is 9.59 Å². The minimum Gasteiger partial charge on any atom is -0.420 e. The highest BCUT2D eigenvalue weighted by Crippen LogP contribution is 2.32. The Morgan fingerprint density at radius 3 is 2.58 bits per heavy atom. The molecule has 3 heterocycles. The summed E-state index contributed by atoms with van der Waals surface area (Å²) < 4.78 is 29.9. The third-order valence-electron chi connectivity index (χ3n) is 5.55. The number of halogens is 3. The van der Waals surface area contributed by atoms with Gasteiger partial charge in [-0.1, -0.05) is 0 Å². The zero-order valence-electron chi connectivity index (χ0n) is 19.5. The van der Waals surface area contributed by atoms with Gasteiger partial charge in [0.15, 0.2) is 0 Å². The van der Waals surface area contributed by atoms with Crippen molar-refractivity contribution in [2.45, 2.75) is 18.1 Å². The molecule has 0 bridgehead atoms. The molecule has 1 aliphatic rings. The van der Waals surface area contributed by atoms with Crippen LogP contribution in [0.3, 0.4) is 0 Å². The van der Waals surface area contributed by atoms with E-state index in [4.69, 9.17) is 11.6 Å². The summed E-state index contributed by atoms with van der Waals surface area (Å²) in [5, 5.41) is 12.7. The summed E-state index contributed by atoms with van der Waals surface area (Å²) in [5.41, 5.74) is -1.71. The van der Waals surface area contributed by atoms with Gasteiger partial charge in [-0.2, -0.15) is 0 Å². The molecule has 4 rings (SSSR count). The predicted octanol–water partition coefficient (Wildman–Crippen LogP) is 3.77. The first kappa shape index (κ1) is 25.4. The number of pyridine rings is 1. The number of H-pyrrole nitrogens is 1. The fraction of sp³-hybridized carbons (Fsp3) is 0.292. The molecule has 1 aromatic carbocycles. The number of aromatic nitrogens is 2. The zero-order chi connectivity index (χ0) is 26.0. The van der Waals surface area contributed by atoms with E-state index in [1.165, 1.54) is 35.4 Å². The van der Waals surface area contributed by atoms with Crippen molar-refractivity contribution < 1.29 is 28.2 Å². The smallest absolute Gasteiger partial charge is 0.420 e. The van der Waals surface area contributed by atoms with E-state index in [1.807, 2.05) is 4.90 Å². The van der Waals surface area contributed by atoms with Crippen LogP contribution in [-0.2, 0) is 0 Å². The number of amides is 2. The molecular formula is C24H24ClF2N5O4. The molecule has 1 atom stereocenters. The van der Waals surface area contributed by atoms with Gasteiger partial charge in [0.1, 0.15) is 17.3 Å². The van der Waals surface area contributed by atoms with Crippen molar-refractivity contribution in [3.05, 3.63) is 59.9 Å². The van der Waals surface area contributed by atoms with Crippen molar-refractivity contribution in [3.8, 4) is 17.0 Å². The van der Waals surface area contributed by atoms with Gasteiger partial charge in [-0.25, -0.2) is 4.98 Å². The van der Waals surface area contributed by atoms with E-state index in [0.717, 1.165) is 0 Å². The third kappa shape index (κ3) is 5.92. The number of nitrogens with one attached hydrogen (secondary N) is 2. The highest BCUT2D eigenvalue weighted by atomic mass is 35.5. The Bertz CT molecular complexity index is 1260. The first-order chi connectivity index (χ1) is 17.0. The summed E-state index contributed by atoms with van der Waals surface area (Å²) >= 11 is 4.77. The Labute approximate surface area is 210 Å². The van der Waals surface area contributed by atoms with Crippen LogP contribution in [0.2, 0.25) is 0 Å². The Hall–Kier alpha value is -3.70. The van der Waals surface area contributed by atoms with Crippen molar-refractivity contribution >= 4 is 34.9 Å². The average Bonchev–Trinajstić information content (AvgIpc) is 3.48. The Morgan fingerprint density at radius 1 is 1.25 bits per heavy atom. The van der Waals surface area contributed by atoms with Crippen LogP contribution < -0.4 is 15.0 Å². The van der Waals surface area contributed by atoms with Crippen LogP contribution >= 0.6 is 11.6 Å². The van der Waals surface area contributed by atoms with E-state index in [1.54, 1.807) is 32.3 Å². The molecule has 1 saturated heterocycles. The van der Waals surface area contributed by atoms with E-state index < -0.39 is 17.6 Å². The van der Waals surface area contributed by atoms with E-state index >= 15 is 0 Å². The summed E-state index contributed by atoms with van der Waals surface area (Å²) in [7, 11) is 3.29. The van der Waals surface area contributed by atoms with Crippen LogP contribution in [-0.4, -0.2) is 70.6 Å². The van der Waals surface area contributed by atoms with E-state index in [2.05, 4.69) is 20.0 Å². The van der Waals surface area contributed by atoms with Crippen LogP contribution in [0, 0.1) is 0 Å². The number of β-amino-alcohol motifs (C(OH)–C–C–N with tert-alkyl or cyclic N) is 1. The first-order valence-corrected chi connectivity index (χ1v) is 11.4. The number of aliphatic hydroxyl groups excluding tert-OH is 1.